The molecule has 4 rings (SSSR count). The molecule has 2 unspecified atom stereocenters. The molecule has 136 valence electrons. The number of azo groups is 2. The van der Waals surface area contributed by atoms with Crippen LogP contribution in [-0.2, 0) is 4.79 Å². The average molecular weight is 370 g/mol. The zero-order valence-corrected chi connectivity index (χ0v) is 14.6. The fourth-order valence-corrected chi connectivity index (χ4v) is 3.20. The number of carbonyl (C=O) groups is 3. The third kappa shape index (κ3) is 2.56. The van der Waals surface area contributed by atoms with Crippen LogP contribution >= 0.6 is 0 Å². The third-order valence-electron chi connectivity index (χ3n) is 4.65. The van der Waals surface area contributed by atoms with Gasteiger partial charge in [0.2, 0.25) is 28.4 Å². The molecule has 0 amide bonds. The number of benzene rings is 2. The van der Waals surface area contributed by atoms with Crippen molar-refractivity contribution in [3.05, 3.63) is 96.3 Å². The van der Waals surface area contributed by atoms with Crippen molar-refractivity contribution >= 4 is 17.3 Å². The van der Waals surface area contributed by atoms with Crippen LogP contribution < -0.4 is 0 Å². The first-order valence-electron chi connectivity index (χ1n) is 8.54. The predicted molar refractivity (Wildman–Crippen MR) is 100 cm³/mol. The summed E-state index contributed by atoms with van der Waals surface area (Å²) < 4.78 is 0. The zero-order chi connectivity index (χ0) is 19.6. The second-order valence-electron chi connectivity index (χ2n) is 6.31. The van der Waals surface area contributed by atoms with Gasteiger partial charge in [0.05, 0.1) is 0 Å². The summed E-state index contributed by atoms with van der Waals surface area (Å²) in [6.07, 6.45) is 5.14. The first-order chi connectivity index (χ1) is 13.6. The standard InChI is InChI=1S/C21H14N4O3/c26-17(15-7-3-1-4-8-15)20(11-13-22-24-20)19(28)21(12-14-23-25-21)18(27)16-9-5-2-6-10-16/h1-14H. The van der Waals surface area contributed by atoms with Crippen LogP contribution in [0, 0.1) is 0 Å². The maximum Gasteiger partial charge on any atom is 0.225 e. The van der Waals surface area contributed by atoms with Crippen molar-refractivity contribution in [2.24, 2.45) is 20.5 Å². The molecule has 2 aliphatic rings. The Hall–Kier alpha value is -3.87. The fourth-order valence-electron chi connectivity index (χ4n) is 3.20. The van der Waals surface area contributed by atoms with Crippen molar-refractivity contribution in [2.75, 3.05) is 0 Å². The Labute approximate surface area is 160 Å². The molecular formula is C21H14N4O3. The average Bonchev–Trinajstić information content (AvgIpc) is 3.45. The smallest absolute Gasteiger partial charge is 0.225 e. The van der Waals surface area contributed by atoms with Crippen molar-refractivity contribution in [3.8, 4) is 0 Å². The highest BCUT2D eigenvalue weighted by atomic mass is 16.2. The molecule has 0 N–H and O–H groups in total. The van der Waals surface area contributed by atoms with Crippen LogP contribution in [-0.4, -0.2) is 28.4 Å². The Balaban J connectivity index is 1.82. The molecule has 2 aromatic carbocycles. The van der Waals surface area contributed by atoms with E-state index in [-0.39, 0.29) is 11.1 Å². The van der Waals surface area contributed by atoms with E-state index in [4.69, 9.17) is 0 Å². The first-order valence-corrected chi connectivity index (χ1v) is 8.54. The van der Waals surface area contributed by atoms with Crippen molar-refractivity contribution in [1.82, 2.24) is 0 Å². The summed E-state index contributed by atoms with van der Waals surface area (Å²) >= 11 is 0. The Morgan fingerprint density at radius 2 is 1.00 bits per heavy atom. The molecule has 28 heavy (non-hydrogen) atoms. The Morgan fingerprint density at radius 1 is 0.607 bits per heavy atom. The van der Waals surface area contributed by atoms with Crippen molar-refractivity contribution in [3.63, 3.8) is 0 Å². The number of ketones is 3. The van der Waals surface area contributed by atoms with E-state index in [0.29, 0.717) is 0 Å². The SMILES string of the molecule is O=C(c1ccccc1)C1(C(=O)C2(C(=O)c3ccccc3)C=CN=N2)C=CN=N1. The maximum atomic E-state index is 13.7. The summed E-state index contributed by atoms with van der Waals surface area (Å²) in [4.78, 5) is 40.1. The van der Waals surface area contributed by atoms with E-state index in [0.717, 1.165) is 0 Å². The molecule has 2 aliphatic heterocycles. The molecule has 0 saturated heterocycles. The van der Waals surface area contributed by atoms with Crippen LogP contribution in [0.5, 0.6) is 0 Å². The Morgan fingerprint density at radius 3 is 1.32 bits per heavy atom. The van der Waals surface area contributed by atoms with Gasteiger partial charge in [0.1, 0.15) is 0 Å². The fraction of sp³-hybridized carbons (Fsp3) is 0.0952. The molecule has 7 heteroatoms. The molecule has 2 aromatic rings. The van der Waals surface area contributed by atoms with E-state index in [9.17, 15) is 14.4 Å². The highest BCUT2D eigenvalue weighted by Crippen LogP contribution is 2.36. The van der Waals surface area contributed by atoms with Gasteiger partial charge in [0.15, 0.2) is 0 Å². The lowest BCUT2D eigenvalue weighted by atomic mass is 9.74. The zero-order valence-electron chi connectivity index (χ0n) is 14.6. The van der Waals surface area contributed by atoms with Crippen LogP contribution in [0.1, 0.15) is 20.7 Å². The van der Waals surface area contributed by atoms with Crippen molar-refractivity contribution in [1.29, 1.82) is 0 Å². The van der Waals surface area contributed by atoms with Gasteiger partial charge in [-0.1, -0.05) is 60.7 Å². The summed E-state index contributed by atoms with van der Waals surface area (Å²) in [7, 11) is 0. The number of hydrogen-bond acceptors (Lipinski definition) is 7. The highest BCUT2D eigenvalue weighted by Gasteiger charge is 2.59. The molecule has 0 fully saturated rings. The second kappa shape index (κ2) is 6.70. The van der Waals surface area contributed by atoms with Gasteiger partial charge in [-0.3, -0.25) is 14.4 Å². The van der Waals surface area contributed by atoms with E-state index in [2.05, 4.69) is 20.5 Å². The number of rotatable bonds is 6. The van der Waals surface area contributed by atoms with Gasteiger partial charge >= 0.3 is 0 Å². The summed E-state index contributed by atoms with van der Waals surface area (Å²) in [5.41, 5.74) is -3.39. The number of nitrogens with zero attached hydrogens (tertiary/aromatic N) is 4. The molecule has 7 nitrogen and oxygen atoms in total. The second-order valence-corrected chi connectivity index (χ2v) is 6.31. The van der Waals surface area contributed by atoms with Crippen LogP contribution in [0.2, 0.25) is 0 Å². The topological polar surface area (TPSA) is 101 Å². The maximum absolute atomic E-state index is 13.7. The van der Waals surface area contributed by atoms with Crippen molar-refractivity contribution < 1.29 is 14.4 Å². The minimum atomic E-state index is -1.97. The molecule has 2 heterocycles. The van der Waals surface area contributed by atoms with Gasteiger partial charge in [-0.15, -0.1) is 0 Å². The summed E-state index contributed by atoms with van der Waals surface area (Å²) in [6.45, 7) is 0. The molecule has 0 bridgehead atoms. The van der Waals surface area contributed by atoms with E-state index < -0.39 is 28.4 Å². The van der Waals surface area contributed by atoms with Gasteiger partial charge in [-0.05, 0) is 12.2 Å². The van der Waals surface area contributed by atoms with Gasteiger partial charge in [-0.25, -0.2) is 0 Å². The lowest BCUT2D eigenvalue weighted by molar-refractivity contribution is -0.123. The first kappa shape index (κ1) is 17.5. The third-order valence-corrected chi connectivity index (χ3v) is 4.65. The molecular weight excluding hydrogens is 356 g/mol. The lowest BCUT2D eigenvalue weighted by Gasteiger charge is -2.28. The minimum absolute atomic E-state index is 0.280. The Kier molecular flexibility index (Phi) is 4.19. The van der Waals surface area contributed by atoms with E-state index in [1.807, 2.05) is 0 Å². The van der Waals surface area contributed by atoms with Gasteiger partial charge in [0.25, 0.3) is 0 Å². The van der Waals surface area contributed by atoms with Crippen LogP contribution in [0.3, 0.4) is 0 Å². The quantitative estimate of drug-likeness (QED) is 0.571. The highest BCUT2D eigenvalue weighted by molar-refractivity contribution is 6.32. The Bertz CT molecular complexity index is 960. The van der Waals surface area contributed by atoms with Gasteiger partial charge < -0.3 is 0 Å². The van der Waals surface area contributed by atoms with Crippen LogP contribution in [0.15, 0.2) is 106 Å². The molecule has 0 radical (unpaired) electrons. The molecule has 2 atom stereocenters. The van der Waals surface area contributed by atoms with Crippen molar-refractivity contribution in [2.45, 2.75) is 11.1 Å². The van der Waals surface area contributed by atoms with E-state index in [1.54, 1.807) is 60.7 Å². The number of carbonyl (C=O) groups excluding carboxylic acids is 3. The summed E-state index contributed by atoms with van der Waals surface area (Å²) in [5, 5.41) is 15.3. The molecule has 0 aliphatic carbocycles. The minimum Gasteiger partial charge on any atom is -0.292 e. The van der Waals surface area contributed by atoms with E-state index in [1.165, 1.54) is 24.6 Å². The molecule has 0 aromatic heterocycles. The monoisotopic (exact) mass is 370 g/mol. The largest absolute Gasteiger partial charge is 0.292 e. The van der Waals surface area contributed by atoms with Crippen LogP contribution in [0.4, 0.5) is 0 Å². The number of hydrogen-bond donors (Lipinski definition) is 0. The molecule has 0 saturated carbocycles. The van der Waals surface area contributed by atoms with Gasteiger partial charge in [-0.2, -0.15) is 20.5 Å². The molecule has 0 spiro atoms. The lowest BCUT2D eigenvalue weighted by Crippen LogP contribution is -2.56. The normalized spacial score (nSPS) is 24.6. The van der Waals surface area contributed by atoms with Crippen LogP contribution in [0.25, 0.3) is 0 Å². The summed E-state index contributed by atoms with van der Waals surface area (Å²) in [6, 6.07) is 16.6. The van der Waals surface area contributed by atoms with E-state index >= 15 is 0 Å². The van der Waals surface area contributed by atoms with Gasteiger partial charge in [0, 0.05) is 23.5 Å². The number of Topliss-reactive ketones (excluding diaryl/α,β-unsaturated/α-hetero) is 3. The summed E-state index contributed by atoms with van der Waals surface area (Å²) in [5.74, 6) is -1.96. The predicted octanol–water partition coefficient (Wildman–Crippen LogP) is 3.76.